The fourth-order valence-corrected chi connectivity index (χ4v) is 1.31. The van der Waals surface area contributed by atoms with Crippen molar-refractivity contribution >= 4 is 23.5 Å². The molecular formula is C9H14ClN5. The van der Waals surface area contributed by atoms with Crippen LogP contribution in [0.1, 0.15) is 26.7 Å². The fourth-order valence-electron chi connectivity index (χ4n) is 1.15. The van der Waals surface area contributed by atoms with Crippen LogP contribution >= 0.6 is 11.6 Å². The summed E-state index contributed by atoms with van der Waals surface area (Å²) in [5, 5.41) is 6.50. The van der Waals surface area contributed by atoms with E-state index in [4.69, 9.17) is 11.6 Å². The molecule has 0 spiro atoms. The fraction of sp³-hybridized carbons (Fsp3) is 0.667. The zero-order chi connectivity index (χ0) is 10.8. The van der Waals surface area contributed by atoms with Crippen LogP contribution in [-0.2, 0) is 0 Å². The van der Waals surface area contributed by atoms with Gasteiger partial charge in [0.2, 0.25) is 17.2 Å². The van der Waals surface area contributed by atoms with Crippen LogP contribution in [0.3, 0.4) is 0 Å². The van der Waals surface area contributed by atoms with Crippen molar-refractivity contribution in [2.75, 3.05) is 10.6 Å². The molecule has 1 aliphatic rings. The van der Waals surface area contributed by atoms with Crippen molar-refractivity contribution in [1.29, 1.82) is 0 Å². The standard InChI is InChI=1S/C9H14ClN5/c1-5(2)11-8-13-7(10)14-9(15-8)12-6-3-4-6/h5-6H,3-4H2,1-2H3,(H2,11,12,13,14,15). The number of hydrogen-bond donors (Lipinski definition) is 2. The SMILES string of the molecule is CC(C)Nc1nc(Cl)nc(NC2CC2)n1. The van der Waals surface area contributed by atoms with Gasteiger partial charge in [0.05, 0.1) is 0 Å². The van der Waals surface area contributed by atoms with Crippen LogP contribution in [0.15, 0.2) is 0 Å². The number of halogens is 1. The van der Waals surface area contributed by atoms with Gasteiger partial charge in [0, 0.05) is 12.1 Å². The first-order chi connectivity index (χ1) is 7.13. The summed E-state index contributed by atoms with van der Waals surface area (Å²) < 4.78 is 0. The molecule has 1 heterocycles. The minimum absolute atomic E-state index is 0.219. The lowest BCUT2D eigenvalue weighted by atomic mass is 10.4. The number of nitrogens with zero attached hydrogens (tertiary/aromatic N) is 3. The first-order valence-corrected chi connectivity index (χ1v) is 5.46. The number of anilines is 2. The van der Waals surface area contributed by atoms with Gasteiger partial charge in [-0.2, -0.15) is 15.0 Å². The van der Waals surface area contributed by atoms with Gasteiger partial charge < -0.3 is 10.6 Å². The number of aromatic nitrogens is 3. The van der Waals surface area contributed by atoms with Gasteiger partial charge in [-0.25, -0.2) is 0 Å². The summed E-state index contributed by atoms with van der Waals surface area (Å²) in [5.74, 6) is 1.08. The van der Waals surface area contributed by atoms with Gasteiger partial charge in [0.15, 0.2) is 0 Å². The maximum Gasteiger partial charge on any atom is 0.229 e. The predicted octanol–water partition coefficient (Wildman–Crippen LogP) is 1.92. The third-order valence-electron chi connectivity index (χ3n) is 1.94. The average molecular weight is 228 g/mol. The van der Waals surface area contributed by atoms with Gasteiger partial charge in [-0.3, -0.25) is 0 Å². The van der Waals surface area contributed by atoms with Crippen LogP contribution in [-0.4, -0.2) is 27.0 Å². The molecule has 0 bridgehead atoms. The van der Waals surface area contributed by atoms with Gasteiger partial charge in [-0.15, -0.1) is 0 Å². The molecule has 1 aromatic rings. The Kier molecular flexibility index (Phi) is 2.90. The summed E-state index contributed by atoms with van der Waals surface area (Å²) in [6.45, 7) is 4.04. The van der Waals surface area contributed by atoms with Gasteiger partial charge in [0.25, 0.3) is 0 Å². The van der Waals surface area contributed by atoms with E-state index in [9.17, 15) is 0 Å². The Morgan fingerprint density at radius 3 is 2.47 bits per heavy atom. The maximum atomic E-state index is 5.80. The molecule has 1 aliphatic carbocycles. The van der Waals surface area contributed by atoms with E-state index in [1.54, 1.807) is 0 Å². The third-order valence-corrected chi connectivity index (χ3v) is 2.11. The highest BCUT2D eigenvalue weighted by Crippen LogP contribution is 2.23. The number of rotatable bonds is 4. The molecule has 1 fully saturated rings. The Balaban J connectivity index is 2.11. The normalized spacial score (nSPS) is 15.5. The number of hydrogen-bond acceptors (Lipinski definition) is 5. The van der Waals surface area contributed by atoms with E-state index >= 15 is 0 Å². The molecule has 2 N–H and O–H groups in total. The maximum absolute atomic E-state index is 5.80. The second-order valence-corrected chi connectivity index (χ2v) is 4.31. The lowest BCUT2D eigenvalue weighted by molar-refractivity contribution is 0.865. The lowest BCUT2D eigenvalue weighted by Crippen LogP contribution is -2.15. The van der Waals surface area contributed by atoms with E-state index in [1.807, 2.05) is 13.8 Å². The molecule has 82 valence electrons. The van der Waals surface area contributed by atoms with E-state index in [2.05, 4.69) is 25.6 Å². The van der Waals surface area contributed by atoms with Crippen molar-refractivity contribution in [3.8, 4) is 0 Å². The monoisotopic (exact) mass is 227 g/mol. The number of nitrogens with one attached hydrogen (secondary N) is 2. The molecule has 1 aromatic heterocycles. The molecular weight excluding hydrogens is 214 g/mol. The van der Waals surface area contributed by atoms with Crippen LogP contribution < -0.4 is 10.6 Å². The smallest absolute Gasteiger partial charge is 0.229 e. The van der Waals surface area contributed by atoms with Crippen molar-refractivity contribution in [3.63, 3.8) is 0 Å². The lowest BCUT2D eigenvalue weighted by Gasteiger charge is -2.09. The highest BCUT2D eigenvalue weighted by molar-refractivity contribution is 6.28. The molecule has 15 heavy (non-hydrogen) atoms. The van der Waals surface area contributed by atoms with E-state index in [1.165, 1.54) is 12.8 Å². The molecule has 5 nitrogen and oxygen atoms in total. The Bertz CT molecular complexity index is 328. The summed E-state index contributed by atoms with van der Waals surface area (Å²) in [4.78, 5) is 12.2. The Hall–Kier alpha value is -1.10. The minimum Gasteiger partial charge on any atom is -0.352 e. The van der Waals surface area contributed by atoms with E-state index in [-0.39, 0.29) is 11.3 Å². The van der Waals surface area contributed by atoms with Crippen molar-refractivity contribution in [3.05, 3.63) is 5.28 Å². The third kappa shape index (κ3) is 3.20. The molecule has 6 heteroatoms. The highest BCUT2D eigenvalue weighted by Gasteiger charge is 2.22. The first kappa shape index (κ1) is 10.4. The second-order valence-electron chi connectivity index (χ2n) is 3.97. The predicted molar refractivity (Wildman–Crippen MR) is 60.2 cm³/mol. The van der Waals surface area contributed by atoms with Gasteiger partial charge in [0.1, 0.15) is 0 Å². The second kappa shape index (κ2) is 4.18. The molecule has 0 unspecified atom stereocenters. The first-order valence-electron chi connectivity index (χ1n) is 5.08. The molecule has 0 atom stereocenters. The highest BCUT2D eigenvalue weighted by atomic mass is 35.5. The van der Waals surface area contributed by atoms with Crippen molar-refractivity contribution in [2.24, 2.45) is 0 Å². The Morgan fingerprint density at radius 2 is 1.87 bits per heavy atom. The molecule has 0 radical (unpaired) electrons. The van der Waals surface area contributed by atoms with E-state index < -0.39 is 0 Å². The zero-order valence-corrected chi connectivity index (χ0v) is 9.54. The van der Waals surface area contributed by atoms with E-state index in [0.717, 1.165) is 0 Å². The molecule has 0 aliphatic heterocycles. The van der Waals surface area contributed by atoms with Crippen LogP contribution in [0.25, 0.3) is 0 Å². The zero-order valence-electron chi connectivity index (χ0n) is 8.79. The summed E-state index contributed by atoms with van der Waals surface area (Å²) in [5.41, 5.74) is 0. The van der Waals surface area contributed by atoms with Crippen LogP contribution in [0.2, 0.25) is 5.28 Å². The van der Waals surface area contributed by atoms with Crippen LogP contribution in [0, 0.1) is 0 Å². The summed E-state index contributed by atoms with van der Waals surface area (Å²) >= 11 is 5.80. The summed E-state index contributed by atoms with van der Waals surface area (Å²) in [6, 6.07) is 0.785. The summed E-state index contributed by atoms with van der Waals surface area (Å²) in [6.07, 6.45) is 2.35. The topological polar surface area (TPSA) is 62.7 Å². The van der Waals surface area contributed by atoms with Crippen LogP contribution in [0.4, 0.5) is 11.9 Å². The van der Waals surface area contributed by atoms with Crippen molar-refractivity contribution in [1.82, 2.24) is 15.0 Å². The molecule has 0 amide bonds. The van der Waals surface area contributed by atoms with Gasteiger partial charge in [-0.1, -0.05) is 0 Å². The average Bonchev–Trinajstić information content (AvgIpc) is 2.85. The van der Waals surface area contributed by atoms with Gasteiger partial charge >= 0.3 is 0 Å². The molecule has 2 rings (SSSR count). The van der Waals surface area contributed by atoms with Crippen molar-refractivity contribution in [2.45, 2.75) is 38.8 Å². The summed E-state index contributed by atoms with van der Waals surface area (Å²) in [7, 11) is 0. The van der Waals surface area contributed by atoms with Gasteiger partial charge in [-0.05, 0) is 38.3 Å². The quantitative estimate of drug-likeness (QED) is 0.823. The van der Waals surface area contributed by atoms with Crippen LogP contribution in [0.5, 0.6) is 0 Å². The minimum atomic E-state index is 0.219. The molecule has 0 saturated heterocycles. The molecule has 0 aromatic carbocycles. The Morgan fingerprint density at radius 1 is 1.20 bits per heavy atom. The molecule has 1 saturated carbocycles. The largest absolute Gasteiger partial charge is 0.352 e. The Labute approximate surface area is 93.7 Å². The van der Waals surface area contributed by atoms with Crippen molar-refractivity contribution < 1.29 is 0 Å². The van der Waals surface area contributed by atoms with E-state index in [0.29, 0.717) is 17.9 Å².